The number of ether oxygens (including phenoxy) is 1. The number of hydrogen-bond donors (Lipinski definition) is 1. The van der Waals surface area contributed by atoms with Gasteiger partial charge in [0.25, 0.3) is 0 Å². The molecule has 2 rings (SSSR count). The van der Waals surface area contributed by atoms with E-state index in [1.165, 1.54) is 6.20 Å². The number of nitrogen functional groups attached to an aromatic ring is 1. The molecule has 0 saturated carbocycles. The number of hydrogen-bond acceptors (Lipinski definition) is 5. The summed E-state index contributed by atoms with van der Waals surface area (Å²) in [5.74, 6) is -0.0498. The van der Waals surface area contributed by atoms with E-state index in [9.17, 15) is 4.79 Å². The van der Waals surface area contributed by atoms with Gasteiger partial charge < -0.3 is 10.5 Å². The molecule has 2 heterocycles. The van der Waals surface area contributed by atoms with E-state index >= 15 is 0 Å². The molecule has 0 saturated heterocycles. The van der Waals surface area contributed by atoms with Crippen molar-refractivity contribution in [2.75, 3.05) is 12.3 Å². The number of rotatable bonds is 3. The molecule has 2 aromatic rings. The lowest BCUT2D eigenvalue weighted by Crippen LogP contribution is -2.06. The molecular weight excluding hydrogens is 230 g/mol. The van der Waals surface area contributed by atoms with Crippen LogP contribution in [0.5, 0.6) is 0 Å². The number of pyridine rings is 2. The van der Waals surface area contributed by atoms with Crippen LogP contribution in [0.25, 0.3) is 11.1 Å². The van der Waals surface area contributed by atoms with E-state index in [1.54, 1.807) is 31.5 Å². The summed E-state index contributed by atoms with van der Waals surface area (Å²) in [5, 5.41) is 0. The molecule has 5 nitrogen and oxygen atoms in total. The molecule has 0 aliphatic carbocycles. The highest BCUT2D eigenvalue weighted by molar-refractivity contribution is 5.91. The molecule has 0 atom stereocenters. The second kappa shape index (κ2) is 5.27. The summed E-state index contributed by atoms with van der Waals surface area (Å²) in [4.78, 5) is 19.6. The summed E-state index contributed by atoms with van der Waals surface area (Å²) >= 11 is 0. The van der Waals surface area contributed by atoms with Crippen LogP contribution in [0.1, 0.15) is 17.3 Å². The van der Waals surface area contributed by atoms with E-state index in [1.807, 2.05) is 6.07 Å². The van der Waals surface area contributed by atoms with Crippen LogP contribution >= 0.6 is 0 Å². The van der Waals surface area contributed by atoms with Crippen LogP contribution < -0.4 is 5.73 Å². The second-order valence-electron chi connectivity index (χ2n) is 3.62. The van der Waals surface area contributed by atoms with Gasteiger partial charge in [-0.3, -0.25) is 4.98 Å². The van der Waals surface area contributed by atoms with Gasteiger partial charge in [0.05, 0.1) is 12.2 Å². The molecule has 0 radical (unpaired) electrons. The van der Waals surface area contributed by atoms with E-state index in [-0.39, 0.29) is 0 Å². The molecule has 0 aliphatic rings. The maximum absolute atomic E-state index is 11.6. The Kier molecular flexibility index (Phi) is 3.52. The molecule has 0 unspecified atom stereocenters. The highest BCUT2D eigenvalue weighted by Gasteiger charge is 2.11. The van der Waals surface area contributed by atoms with E-state index in [4.69, 9.17) is 10.5 Å². The maximum Gasteiger partial charge on any atom is 0.339 e. The van der Waals surface area contributed by atoms with Gasteiger partial charge >= 0.3 is 5.97 Å². The number of anilines is 1. The average molecular weight is 243 g/mol. The Bertz CT molecular complexity index is 555. The molecular formula is C13H13N3O2. The van der Waals surface area contributed by atoms with Crippen molar-refractivity contribution >= 4 is 11.8 Å². The van der Waals surface area contributed by atoms with Crippen molar-refractivity contribution in [3.05, 3.63) is 42.4 Å². The van der Waals surface area contributed by atoms with Crippen molar-refractivity contribution in [3.8, 4) is 11.1 Å². The summed E-state index contributed by atoms with van der Waals surface area (Å²) in [6, 6.07) is 5.32. The Morgan fingerprint density at radius 3 is 2.94 bits per heavy atom. The third-order valence-electron chi connectivity index (χ3n) is 2.40. The van der Waals surface area contributed by atoms with Crippen LogP contribution in [0.3, 0.4) is 0 Å². The van der Waals surface area contributed by atoms with Crippen LogP contribution in [0.4, 0.5) is 5.82 Å². The first-order chi connectivity index (χ1) is 8.72. The van der Waals surface area contributed by atoms with Gasteiger partial charge in [-0.1, -0.05) is 6.07 Å². The van der Waals surface area contributed by atoms with Crippen LogP contribution in [-0.2, 0) is 4.74 Å². The first-order valence-electron chi connectivity index (χ1n) is 5.55. The minimum atomic E-state index is -0.407. The van der Waals surface area contributed by atoms with Crippen LogP contribution in [-0.4, -0.2) is 22.5 Å². The molecule has 2 N–H and O–H groups in total. The highest BCUT2D eigenvalue weighted by atomic mass is 16.5. The van der Waals surface area contributed by atoms with Gasteiger partial charge in [0.15, 0.2) is 0 Å². The third kappa shape index (κ3) is 2.45. The number of nitrogens with two attached hydrogens (primary N) is 1. The molecule has 2 aromatic heterocycles. The van der Waals surface area contributed by atoms with Crippen LogP contribution in [0.15, 0.2) is 36.8 Å². The van der Waals surface area contributed by atoms with Crippen LogP contribution in [0, 0.1) is 0 Å². The lowest BCUT2D eigenvalue weighted by atomic mass is 10.1. The molecule has 0 fully saturated rings. The third-order valence-corrected chi connectivity index (χ3v) is 2.40. The van der Waals surface area contributed by atoms with Crippen LogP contribution in [0.2, 0.25) is 0 Å². The Labute approximate surface area is 105 Å². The Balaban J connectivity index is 2.42. The summed E-state index contributed by atoms with van der Waals surface area (Å²) in [5.41, 5.74) is 7.67. The summed E-state index contributed by atoms with van der Waals surface area (Å²) in [6.45, 7) is 2.08. The first-order valence-corrected chi connectivity index (χ1v) is 5.55. The highest BCUT2D eigenvalue weighted by Crippen LogP contribution is 2.24. The molecule has 0 aromatic carbocycles. The zero-order valence-corrected chi connectivity index (χ0v) is 9.96. The number of esters is 1. The van der Waals surface area contributed by atoms with Crippen molar-refractivity contribution < 1.29 is 9.53 Å². The number of aromatic nitrogens is 2. The van der Waals surface area contributed by atoms with Gasteiger partial charge in [-0.25, -0.2) is 9.78 Å². The molecule has 0 spiro atoms. The maximum atomic E-state index is 11.6. The molecule has 92 valence electrons. The predicted molar refractivity (Wildman–Crippen MR) is 67.8 cm³/mol. The van der Waals surface area contributed by atoms with E-state index in [0.717, 1.165) is 5.56 Å². The Morgan fingerprint density at radius 1 is 1.44 bits per heavy atom. The van der Waals surface area contributed by atoms with Gasteiger partial charge in [0.2, 0.25) is 0 Å². The minimum absolute atomic E-state index is 0.325. The fourth-order valence-corrected chi connectivity index (χ4v) is 1.55. The number of carbonyl (C=O) groups is 1. The summed E-state index contributed by atoms with van der Waals surface area (Å²) in [6.07, 6.45) is 4.75. The molecule has 18 heavy (non-hydrogen) atoms. The van der Waals surface area contributed by atoms with E-state index < -0.39 is 5.97 Å². The Hall–Kier alpha value is -2.43. The van der Waals surface area contributed by atoms with Crippen molar-refractivity contribution in [1.29, 1.82) is 0 Å². The van der Waals surface area contributed by atoms with E-state index in [2.05, 4.69) is 9.97 Å². The molecule has 0 amide bonds. The molecule has 5 heteroatoms. The first kappa shape index (κ1) is 12.0. The van der Waals surface area contributed by atoms with Gasteiger partial charge in [-0.15, -0.1) is 0 Å². The number of carbonyl (C=O) groups excluding carboxylic acids is 1. The SMILES string of the molecule is CCOC(=O)c1cnc(N)c(-c2cccnc2)c1. The molecule has 0 aliphatic heterocycles. The predicted octanol–water partition coefficient (Wildman–Crippen LogP) is 1.90. The topological polar surface area (TPSA) is 78.1 Å². The fourth-order valence-electron chi connectivity index (χ4n) is 1.55. The van der Waals surface area contributed by atoms with Crippen molar-refractivity contribution in [2.24, 2.45) is 0 Å². The second-order valence-corrected chi connectivity index (χ2v) is 3.62. The van der Waals surface area contributed by atoms with Gasteiger partial charge in [-0.05, 0) is 19.1 Å². The normalized spacial score (nSPS) is 10.1. The summed E-state index contributed by atoms with van der Waals surface area (Å²) < 4.78 is 4.92. The van der Waals surface area contributed by atoms with Crippen molar-refractivity contribution in [2.45, 2.75) is 6.92 Å². The lowest BCUT2D eigenvalue weighted by Gasteiger charge is -2.07. The average Bonchev–Trinajstić information content (AvgIpc) is 2.40. The molecule has 0 bridgehead atoms. The van der Waals surface area contributed by atoms with Crippen molar-refractivity contribution in [1.82, 2.24) is 9.97 Å². The zero-order valence-electron chi connectivity index (χ0n) is 9.96. The monoisotopic (exact) mass is 243 g/mol. The van der Waals surface area contributed by atoms with Gasteiger partial charge in [0.1, 0.15) is 5.82 Å². The van der Waals surface area contributed by atoms with Gasteiger partial charge in [-0.2, -0.15) is 0 Å². The standard InChI is InChI=1S/C13H13N3O2/c1-2-18-13(17)10-6-11(12(14)16-8-10)9-4-3-5-15-7-9/h3-8H,2H2,1H3,(H2,14,16). The largest absolute Gasteiger partial charge is 0.462 e. The van der Waals surface area contributed by atoms with Gasteiger partial charge in [0, 0.05) is 29.7 Å². The van der Waals surface area contributed by atoms with Crippen molar-refractivity contribution in [3.63, 3.8) is 0 Å². The number of nitrogens with zero attached hydrogens (tertiary/aromatic N) is 2. The Morgan fingerprint density at radius 2 is 2.28 bits per heavy atom. The minimum Gasteiger partial charge on any atom is -0.462 e. The van der Waals surface area contributed by atoms with E-state index in [0.29, 0.717) is 23.6 Å². The fraction of sp³-hybridized carbons (Fsp3) is 0.154. The lowest BCUT2D eigenvalue weighted by molar-refractivity contribution is 0.0526. The summed E-state index contributed by atoms with van der Waals surface area (Å²) in [7, 11) is 0. The smallest absolute Gasteiger partial charge is 0.339 e. The quantitative estimate of drug-likeness (QED) is 0.833. The zero-order chi connectivity index (χ0) is 13.0.